The SMILES string of the molecule is Cc1ccc(C(=O)Nc2ncc(C#CCCO)s2)c(=O)[nH]1. The molecule has 3 N–H and O–H groups in total. The van der Waals surface area contributed by atoms with E-state index >= 15 is 0 Å². The molecular formula is C14H13N3O3S. The fourth-order valence-corrected chi connectivity index (χ4v) is 2.20. The predicted molar refractivity (Wildman–Crippen MR) is 80.4 cm³/mol. The summed E-state index contributed by atoms with van der Waals surface area (Å²) in [6, 6.07) is 3.13. The number of nitrogens with one attached hydrogen (secondary N) is 2. The molecule has 0 aliphatic heterocycles. The Balaban J connectivity index is 2.10. The number of nitrogens with zero attached hydrogens (tertiary/aromatic N) is 1. The van der Waals surface area contributed by atoms with E-state index in [4.69, 9.17) is 5.11 Å². The zero-order valence-electron chi connectivity index (χ0n) is 11.3. The van der Waals surface area contributed by atoms with Crippen LogP contribution in [-0.2, 0) is 0 Å². The number of anilines is 1. The van der Waals surface area contributed by atoms with Gasteiger partial charge in [0, 0.05) is 12.1 Å². The third-order valence-electron chi connectivity index (χ3n) is 2.47. The van der Waals surface area contributed by atoms with Crippen LogP contribution >= 0.6 is 11.3 Å². The molecule has 2 heterocycles. The van der Waals surface area contributed by atoms with Gasteiger partial charge in [0.15, 0.2) is 5.13 Å². The number of hydrogen-bond donors (Lipinski definition) is 3. The molecule has 2 rings (SSSR count). The average Bonchev–Trinajstić information content (AvgIpc) is 2.86. The van der Waals surface area contributed by atoms with E-state index in [1.165, 1.54) is 23.6 Å². The molecule has 1 amide bonds. The van der Waals surface area contributed by atoms with E-state index in [9.17, 15) is 9.59 Å². The van der Waals surface area contributed by atoms with Crippen LogP contribution in [-0.4, -0.2) is 27.6 Å². The molecule has 0 aromatic carbocycles. The number of thiazole rings is 1. The lowest BCUT2D eigenvalue weighted by Crippen LogP contribution is -2.23. The molecule has 0 atom stereocenters. The maximum atomic E-state index is 12.0. The molecule has 0 unspecified atom stereocenters. The maximum Gasteiger partial charge on any atom is 0.263 e. The molecule has 108 valence electrons. The molecular weight excluding hydrogens is 290 g/mol. The first-order chi connectivity index (χ1) is 10.1. The van der Waals surface area contributed by atoms with Crippen molar-refractivity contribution < 1.29 is 9.90 Å². The van der Waals surface area contributed by atoms with E-state index in [1.54, 1.807) is 13.0 Å². The summed E-state index contributed by atoms with van der Waals surface area (Å²) in [5, 5.41) is 11.6. The number of aromatic nitrogens is 2. The van der Waals surface area contributed by atoms with Crippen molar-refractivity contribution in [1.82, 2.24) is 9.97 Å². The van der Waals surface area contributed by atoms with Crippen LogP contribution in [0.3, 0.4) is 0 Å². The van der Waals surface area contributed by atoms with Gasteiger partial charge >= 0.3 is 0 Å². The van der Waals surface area contributed by atoms with Crippen molar-refractivity contribution in [3.8, 4) is 11.8 Å². The lowest BCUT2D eigenvalue weighted by Gasteiger charge is -2.01. The Kier molecular flexibility index (Phi) is 4.87. The number of hydrogen-bond acceptors (Lipinski definition) is 5. The molecule has 0 saturated heterocycles. The highest BCUT2D eigenvalue weighted by atomic mass is 32.1. The zero-order valence-corrected chi connectivity index (χ0v) is 12.1. The molecule has 2 aromatic rings. The van der Waals surface area contributed by atoms with Crippen LogP contribution in [0, 0.1) is 18.8 Å². The number of aliphatic hydroxyl groups is 1. The van der Waals surface area contributed by atoms with Gasteiger partial charge in [0.25, 0.3) is 11.5 Å². The Morgan fingerprint density at radius 2 is 2.33 bits per heavy atom. The van der Waals surface area contributed by atoms with Crippen molar-refractivity contribution in [2.45, 2.75) is 13.3 Å². The van der Waals surface area contributed by atoms with Crippen LogP contribution in [0.2, 0.25) is 0 Å². The molecule has 2 aromatic heterocycles. The molecule has 0 radical (unpaired) electrons. The van der Waals surface area contributed by atoms with Crippen LogP contribution in [0.25, 0.3) is 0 Å². The third-order valence-corrected chi connectivity index (χ3v) is 3.30. The fourth-order valence-electron chi connectivity index (χ4n) is 1.51. The molecule has 0 aliphatic carbocycles. The highest BCUT2D eigenvalue weighted by molar-refractivity contribution is 7.16. The minimum absolute atomic E-state index is 0.00555. The van der Waals surface area contributed by atoms with E-state index in [-0.39, 0.29) is 12.2 Å². The standard InChI is InChI=1S/C14H13N3O3S/c1-9-5-6-11(12(19)16-9)13(20)17-14-15-8-10(21-14)4-2-3-7-18/h5-6,8,18H,3,7H2,1H3,(H,16,19)(H,15,17,20). The molecule has 0 spiro atoms. The van der Waals surface area contributed by atoms with Gasteiger partial charge in [0.1, 0.15) is 5.56 Å². The minimum atomic E-state index is -0.513. The Bertz CT molecular complexity index is 768. The number of carbonyl (C=O) groups is 1. The van der Waals surface area contributed by atoms with Crippen molar-refractivity contribution >= 4 is 22.4 Å². The summed E-state index contributed by atoms with van der Waals surface area (Å²) in [6.45, 7) is 1.74. The maximum absolute atomic E-state index is 12.0. The summed E-state index contributed by atoms with van der Waals surface area (Å²) >= 11 is 1.20. The number of amides is 1. The van der Waals surface area contributed by atoms with Gasteiger partial charge in [-0.1, -0.05) is 23.2 Å². The van der Waals surface area contributed by atoms with Gasteiger partial charge in [-0.2, -0.15) is 0 Å². The van der Waals surface area contributed by atoms with Gasteiger partial charge < -0.3 is 10.1 Å². The van der Waals surface area contributed by atoms with Gasteiger partial charge in [-0.05, 0) is 19.1 Å². The number of carbonyl (C=O) groups excluding carboxylic acids is 1. The largest absolute Gasteiger partial charge is 0.395 e. The Morgan fingerprint density at radius 3 is 3.05 bits per heavy atom. The van der Waals surface area contributed by atoms with E-state index in [0.717, 1.165) is 0 Å². The van der Waals surface area contributed by atoms with Crippen molar-refractivity contribution in [3.63, 3.8) is 0 Å². The first-order valence-electron chi connectivity index (χ1n) is 6.17. The monoisotopic (exact) mass is 303 g/mol. The Hall–Kier alpha value is -2.43. The normalized spacial score (nSPS) is 9.81. The fraction of sp³-hybridized carbons (Fsp3) is 0.214. The van der Waals surface area contributed by atoms with Crippen LogP contribution in [0.15, 0.2) is 23.1 Å². The first kappa shape index (κ1) is 15.0. The Morgan fingerprint density at radius 1 is 1.52 bits per heavy atom. The number of aromatic amines is 1. The number of rotatable bonds is 3. The lowest BCUT2D eigenvalue weighted by molar-refractivity contribution is 0.102. The number of pyridine rings is 1. The highest BCUT2D eigenvalue weighted by Gasteiger charge is 2.12. The number of aryl methyl sites for hydroxylation is 1. The summed E-state index contributed by atoms with van der Waals surface area (Å²) < 4.78 is 0. The lowest BCUT2D eigenvalue weighted by atomic mass is 10.2. The number of H-pyrrole nitrogens is 1. The summed E-state index contributed by atoms with van der Waals surface area (Å²) in [5.41, 5.74) is 0.281. The minimum Gasteiger partial charge on any atom is -0.395 e. The van der Waals surface area contributed by atoms with E-state index in [0.29, 0.717) is 22.1 Å². The van der Waals surface area contributed by atoms with Crippen molar-refractivity contribution in [2.75, 3.05) is 11.9 Å². The van der Waals surface area contributed by atoms with E-state index in [2.05, 4.69) is 27.1 Å². The van der Waals surface area contributed by atoms with Crippen LogP contribution in [0.5, 0.6) is 0 Å². The van der Waals surface area contributed by atoms with Crippen molar-refractivity contribution in [2.24, 2.45) is 0 Å². The topological polar surface area (TPSA) is 95.1 Å². The predicted octanol–water partition coefficient (Wildman–Crippen LogP) is 1.13. The molecule has 0 fully saturated rings. The average molecular weight is 303 g/mol. The number of aliphatic hydroxyl groups excluding tert-OH is 1. The van der Waals surface area contributed by atoms with Gasteiger partial charge in [0.05, 0.1) is 17.7 Å². The summed E-state index contributed by atoms with van der Waals surface area (Å²) in [4.78, 5) is 30.9. The quantitative estimate of drug-likeness (QED) is 0.741. The second-order valence-electron chi connectivity index (χ2n) is 4.14. The zero-order chi connectivity index (χ0) is 15.2. The van der Waals surface area contributed by atoms with Crippen LogP contribution in [0.1, 0.15) is 27.3 Å². The molecule has 6 nitrogen and oxygen atoms in total. The summed E-state index contributed by atoms with van der Waals surface area (Å²) in [5.74, 6) is 5.08. The molecule has 0 aliphatic rings. The van der Waals surface area contributed by atoms with E-state index < -0.39 is 11.5 Å². The molecule has 7 heteroatoms. The molecule has 21 heavy (non-hydrogen) atoms. The van der Waals surface area contributed by atoms with Crippen LogP contribution in [0.4, 0.5) is 5.13 Å². The second kappa shape index (κ2) is 6.83. The smallest absolute Gasteiger partial charge is 0.263 e. The van der Waals surface area contributed by atoms with Gasteiger partial charge in [-0.15, -0.1) is 0 Å². The Labute approximate surface area is 124 Å². The van der Waals surface area contributed by atoms with Crippen LogP contribution < -0.4 is 10.9 Å². The first-order valence-corrected chi connectivity index (χ1v) is 6.98. The van der Waals surface area contributed by atoms with Crippen molar-refractivity contribution in [1.29, 1.82) is 0 Å². The highest BCUT2D eigenvalue weighted by Crippen LogP contribution is 2.17. The van der Waals surface area contributed by atoms with Gasteiger partial charge in [-0.3, -0.25) is 14.9 Å². The summed E-state index contributed by atoms with van der Waals surface area (Å²) in [7, 11) is 0. The van der Waals surface area contributed by atoms with Gasteiger partial charge in [-0.25, -0.2) is 4.98 Å². The molecule has 0 bridgehead atoms. The second-order valence-corrected chi connectivity index (χ2v) is 5.17. The summed E-state index contributed by atoms with van der Waals surface area (Å²) in [6.07, 6.45) is 1.92. The van der Waals surface area contributed by atoms with Gasteiger partial charge in [0.2, 0.25) is 0 Å². The third kappa shape index (κ3) is 4.02. The molecule has 0 saturated carbocycles. The van der Waals surface area contributed by atoms with Crippen molar-refractivity contribution in [3.05, 3.63) is 44.8 Å². The van der Waals surface area contributed by atoms with E-state index in [1.807, 2.05) is 0 Å².